The van der Waals surface area contributed by atoms with Gasteiger partial charge in [0.15, 0.2) is 5.17 Å². The molecule has 1 aromatic carbocycles. The minimum Gasteiger partial charge on any atom is -0.465 e. The van der Waals surface area contributed by atoms with Gasteiger partial charge in [0, 0.05) is 6.42 Å². The van der Waals surface area contributed by atoms with Gasteiger partial charge in [-0.2, -0.15) is 0 Å². The zero-order valence-electron chi connectivity index (χ0n) is 14.0. The topological polar surface area (TPSA) is 53.9 Å². The van der Waals surface area contributed by atoms with E-state index in [4.69, 9.17) is 9.73 Å². The first kappa shape index (κ1) is 16.2. The molecule has 2 aliphatic heterocycles. The quantitative estimate of drug-likeness (QED) is 0.859. The highest BCUT2D eigenvalue weighted by molar-refractivity contribution is 8.14. The Morgan fingerprint density at radius 1 is 1.39 bits per heavy atom. The van der Waals surface area contributed by atoms with Crippen LogP contribution in [0.25, 0.3) is 0 Å². The van der Waals surface area contributed by atoms with E-state index in [2.05, 4.69) is 43.1 Å². The van der Waals surface area contributed by atoms with Crippen molar-refractivity contribution in [3.05, 3.63) is 24.3 Å². The Kier molecular flexibility index (Phi) is 4.04. The van der Waals surface area contributed by atoms with E-state index in [1.807, 2.05) is 19.1 Å². The van der Waals surface area contributed by atoms with Crippen LogP contribution < -0.4 is 10.2 Å². The van der Waals surface area contributed by atoms with Crippen LogP contribution in [0.2, 0.25) is 0 Å². The molecule has 1 atom stereocenters. The van der Waals surface area contributed by atoms with Crippen molar-refractivity contribution in [2.75, 3.05) is 22.6 Å². The second-order valence-electron chi connectivity index (χ2n) is 6.73. The smallest absolute Gasteiger partial charge is 0.316 e. The fourth-order valence-corrected chi connectivity index (χ4v) is 4.51. The van der Waals surface area contributed by atoms with Crippen LogP contribution in [0.3, 0.4) is 0 Å². The maximum atomic E-state index is 11.7. The summed E-state index contributed by atoms with van der Waals surface area (Å²) in [6.45, 7) is 8.68. The van der Waals surface area contributed by atoms with E-state index in [-0.39, 0.29) is 22.9 Å². The number of carbonyl (C=O) groups is 1. The number of esters is 1. The van der Waals surface area contributed by atoms with Gasteiger partial charge >= 0.3 is 5.97 Å². The molecule has 0 radical (unpaired) electrons. The number of fused-ring (bicyclic) bond motifs is 3. The summed E-state index contributed by atoms with van der Waals surface area (Å²) in [6, 6.07) is 8.23. The van der Waals surface area contributed by atoms with Crippen LogP contribution in [0.1, 0.15) is 34.1 Å². The summed E-state index contributed by atoms with van der Waals surface area (Å²) in [7, 11) is 0. The molecule has 2 heterocycles. The Morgan fingerprint density at radius 2 is 2.13 bits per heavy atom. The molecule has 0 aliphatic carbocycles. The van der Waals surface area contributed by atoms with E-state index < -0.39 is 0 Å². The molecule has 0 aromatic heterocycles. The second kappa shape index (κ2) is 5.74. The number of thioether (sulfide) groups is 1. The van der Waals surface area contributed by atoms with Gasteiger partial charge in [-0.05, 0) is 39.8 Å². The van der Waals surface area contributed by atoms with Crippen molar-refractivity contribution in [2.45, 2.75) is 45.3 Å². The van der Waals surface area contributed by atoms with Crippen LogP contribution >= 0.6 is 11.8 Å². The highest BCUT2D eigenvalue weighted by atomic mass is 32.2. The minimum atomic E-state index is -0.230. The summed E-state index contributed by atoms with van der Waals surface area (Å²) in [5.74, 6) is 0.0723. The number of nitrogens with zero attached hydrogens (tertiary/aromatic N) is 2. The summed E-state index contributed by atoms with van der Waals surface area (Å²) in [5.41, 5.74) is 1.81. The van der Waals surface area contributed by atoms with Gasteiger partial charge in [-0.25, -0.2) is 0 Å². The lowest BCUT2D eigenvalue weighted by atomic mass is 9.90. The molecule has 0 amide bonds. The van der Waals surface area contributed by atoms with Crippen LogP contribution in [-0.2, 0) is 9.53 Å². The Bertz CT molecular complexity index is 659. The molecule has 23 heavy (non-hydrogen) atoms. The molecule has 1 aromatic rings. The lowest BCUT2D eigenvalue weighted by Gasteiger charge is -2.45. The molecule has 6 heteroatoms. The Morgan fingerprint density at radius 3 is 2.87 bits per heavy atom. The molecule has 1 N–H and O–H groups in total. The molecular weight excluding hydrogens is 310 g/mol. The van der Waals surface area contributed by atoms with Gasteiger partial charge < -0.3 is 10.1 Å². The first-order valence-corrected chi connectivity index (χ1v) is 8.89. The first-order valence-electron chi connectivity index (χ1n) is 7.90. The Labute approximate surface area is 141 Å². The third kappa shape index (κ3) is 3.04. The average molecular weight is 333 g/mol. The molecule has 5 nitrogen and oxygen atoms in total. The predicted octanol–water partition coefficient (Wildman–Crippen LogP) is 3.47. The normalized spacial score (nSPS) is 24.3. The number of anilines is 2. The fraction of sp³-hybridized carbons (Fsp3) is 0.529. The summed E-state index contributed by atoms with van der Waals surface area (Å²) >= 11 is 1.45. The number of hydrogen-bond donors (Lipinski definition) is 1. The van der Waals surface area contributed by atoms with Crippen molar-refractivity contribution < 1.29 is 9.53 Å². The summed E-state index contributed by atoms with van der Waals surface area (Å²) < 4.78 is 5.04. The molecule has 0 saturated heterocycles. The number of carbonyl (C=O) groups excluding carboxylic acids is 1. The van der Waals surface area contributed by atoms with Gasteiger partial charge in [-0.3, -0.25) is 14.7 Å². The van der Waals surface area contributed by atoms with Crippen molar-refractivity contribution >= 4 is 34.3 Å². The van der Waals surface area contributed by atoms with E-state index in [1.165, 1.54) is 11.8 Å². The third-order valence-corrected chi connectivity index (χ3v) is 4.95. The molecular formula is C17H23N3O2S. The van der Waals surface area contributed by atoms with Gasteiger partial charge in [0.05, 0.1) is 29.3 Å². The molecule has 124 valence electrons. The highest BCUT2D eigenvalue weighted by Gasteiger charge is 2.48. The maximum absolute atomic E-state index is 11.7. The second-order valence-corrected chi connectivity index (χ2v) is 7.67. The van der Waals surface area contributed by atoms with Gasteiger partial charge in [0.2, 0.25) is 0 Å². The third-order valence-electron chi connectivity index (χ3n) is 4.03. The van der Waals surface area contributed by atoms with Crippen LogP contribution in [0.15, 0.2) is 29.3 Å². The number of hydrogen-bond acceptors (Lipinski definition) is 6. The largest absolute Gasteiger partial charge is 0.465 e. The molecule has 1 unspecified atom stereocenters. The van der Waals surface area contributed by atoms with E-state index in [0.29, 0.717) is 6.61 Å². The van der Waals surface area contributed by atoms with E-state index in [9.17, 15) is 4.79 Å². The first-order chi connectivity index (χ1) is 10.8. The molecule has 3 rings (SSSR count). The molecule has 0 saturated carbocycles. The Hall–Kier alpha value is -1.69. The zero-order chi connectivity index (χ0) is 16.7. The van der Waals surface area contributed by atoms with Gasteiger partial charge in [0.1, 0.15) is 5.66 Å². The van der Waals surface area contributed by atoms with Crippen LogP contribution in [-0.4, -0.2) is 34.7 Å². The summed E-state index contributed by atoms with van der Waals surface area (Å²) in [6.07, 6.45) is 0.887. The maximum Gasteiger partial charge on any atom is 0.316 e. The van der Waals surface area contributed by atoms with Crippen molar-refractivity contribution in [1.82, 2.24) is 0 Å². The lowest BCUT2D eigenvalue weighted by molar-refractivity contribution is -0.139. The number of nitrogens with one attached hydrogen (secondary N) is 1. The summed E-state index contributed by atoms with van der Waals surface area (Å²) in [4.78, 5) is 18.8. The van der Waals surface area contributed by atoms with Gasteiger partial charge in [0.25, 0.3) is 0 Å². The van der Waals surface area contributed by atoms with Crippen LogP contribution in [0, 0.1) is 0 Å². The summed E-state index contributed by atoms with van der Waals surface area (Å²) in [5, 5.41) is 4.50. The number of rotatable bonds is 3. The average Bonchev–Trinajstić information content (AvgIpc) is 2.74. The number of amidine groups is 1. The number of aliphatic imine (C=N–C) groups is 1. The van der Waals surface area contributed by atoms with Crippen molar-refractivity contribution in [3.8, 4) is 0 Å². The van der Waals surface area contributed by atoms with Crippen LogP contribution in [0.5, 0.6) is 0 Å². The number of benzene rings is 1. The standard InChI is InChI=1S/C17H23N3O2S/c1-5-22-14(21)10-23-15-19-16(2,3)11-17(4)18-12-8-6-7-9-13(12)20(15)17/h6-9,18H,5,10-11H2,1-4H3. The lowest BCUT2D eigenvalue weighted by Crippen LogP contribution is -2.57. The van der Waals surface area contributed by atoms with Crippen molar-refractivity contribution in [3.63, 3.8) is 0 Å². The SMILES string of the molecule is CCOC(=O)CSC1=NC(C)(C)CC2(C)Nc3ccccc3N12. The molecule has 0 spiro atoms. The van der Waals surface area contributed by atoms with Crippen molar-refractivity contribution in [1.29, 1.82) is 0 Å². The van der Waals surface area contributed by atoms with Crippen molar-refractivity contribution in [2.24, 2.45) is 4.99 Å². The molecule has 0 bridgehead atoms. The number of para-hydroxylation sites is 2. The fourth-order valence-electron chi connectivity index (χ4n) is 3.44. The Balaban J connectivity index is 1.92. The molecule has 2 aliphatic rings. The highest BCUT2D eigenvalue weighted by Crippen LogP contribution is 2.47. The van der Waals surface area contributed by atoms with E-state index in [1.54, 1.807) is 0 Å². The predicted molar refractivity (Wildman–Crippen MR) is 96.2 cm³/mol. The van der Waals surface area contributed by atoms with Gasteiger partial charge in [-0.15, -0.1) is 0 Å². The zero-order valence-corrected chi connectivity index (χ0v) is 14.9. The molecule has 0 fully saturated rings. The van der Waals surface area contributed by atoms with E-state index in [0.717, 1.165) is 23.0 Å². The van der Waals surface area contributed by atoms with Gasteiger partial charge in [-0.1, -0.05) is 23.9 Å². The van der Waals surface area contributed by atoms with E-state index >= 15 is 0 Å². The minimum absolute atomic E-state index is 0.183. The monoisotopic (exact) mass is 333 g/mol. The van der Waals surface area contributed by atoms with Crippen LogP contribution in [0.4, 0.5) is 11.4 Å². The number of ether oxygens (including phenoxy) is 1.